The summed E-state index contributed by atoms with van der Waals surface area (Å²) in [6, 6.07) is 7.93. The van der Waals surface area contributed by atoms with Gasteiger partial charge in [-0.25, -0.2) is 0 Å². The molecule has 1 heterocycles. The molecule has 1 amide bonds. The summed E-state index contributed by atoms with van der Waals surface area (Å²) in [5.41, 5.74) is 2.17. The van der Waals surface area contributed by atoms with Gasteiger partial charge in [0.2, 0.25) is 5.91 Å². The zero-order valence-corrected chi connectivity index (χ0v) is 12.7. The molecular weight excluding hydrogens is 278 g/mol. The maximum Gasteiger partial charge on any atom is 0.241 e. The number of hydrogen-bond acceptors (Lipinski definition) is 3. The third-order valence-electron chi connectivity index (χ3n) is 4.20. The van der Waals surface area contributed by atoms with E-state index in [-0.39, 0.29) is 19.0 Å². The van der Waals surface area contributed by atoms with Crippen molar-refractivity contribution in [3.8, 4) is 0 Å². The van der Waals surface area contributed by atoms with Crippen LogP contribution in [0, 0.1) is 6.92 Å². The van der Waals surface area contributed by atoms with E-state index >= 15 is 0 Å². The quantitative estimate of drug-likeness (QED) is 0.900. The number of carbonyl (C=O) groups is 1. The number of fused-ring (bicyclic) bond motifs is 1. The van der Waals surface area contributed by atoms with E-state index in [0.29, 0.717) is 6.42 Å². The Bertz CT molecular complexity index is 680. The fraction of sp³-hybridized carbons (Fsp3) is 0.412. The van der Waals surface area contributed by atoms with E-state index in [1.54, 1.807) is 10.9 Å². The first-order valence-electron chi connectivity index (χ1n) is 7.63. The summed E-state index contributed by atoms with van der Waals surface area (Å²) in [4.78, 5) is 12.0. The molecule has 0 spiro atoms. The van der Waals surface area contributed by atoms with E-state index in [0.717, 1.165) is 24.0 Å². The lowest BCUT2D eigenvalue weighted by Crippen LogP contribution is -2.43. The molecule has 1 unspecified atom stereocenters. The van der Waals surface area contributed by atoms with Crippen molar-refractivity contribution >= 4 is 5.91 Å². The molecule has 0 radical (unpaired) electrons. The molecular formula is C17H21N3O2. The summed E-state index contributed by atoms with van der Waals surface area (Å²) in [5, 5.41) is 17.8. The molecule has 0 saturated carbocycles. The smallest absolute Gasteiger partial charge is 0.241 e. The van der Waals surface area contributed by atoms with Crippen LogP contribution in [0.1, 0.15) is 29.5 Å². The zero-order chi connectivity index (χ0) is 15.6. The van der Waals surface area contributed by atoms with E-state index in [1.165, 1.54) is 5.56 Å². The van der Waals surface area contributed by atoms with Gasteiger partial charge in [-0.05, 0) is 42.9 Å². The van der Waals surface area contributed by atoms with Gasteiger partial charge in [-0.15, -0.1) is 0 Å². The highest BCUT2D eigenvalue weighted by atomic mass is 16.3. The largest absolute Gasteiger partial charge is 0.383 e. The number of aryl methyl sites for hydroxylation is 2. The van der Waals surface area contributed by atoms with Crippen molar-refractivity contribution in [3.05, 3.63) is 53.3 Å². The van der Waals surface area contributed by atoms with Crippen LogP contribution >= 0.6 is 0 Å². The van der Waals surface area contributed by atoms with E-state index in [1.807, 2.05) is 37.4 Å². The van der Waals surface area contributed by atoms with Gasteiger partial charge >= 0.3 is 0 Å². The molecule has 1 atom stereocenters. The summed E-state index contributed by atoms with van der Waals surface area (Å²) in [6.45, 7) is 2.34. The first-order chi connectivity index (χ1) is 10.6. The summed E-state index contributed by atoms with van der Waals surface area (Å²) in [5.74, 6) is -0.139. The second kappa shape index (κ2) is 5.93. The van der Waals surface area contributed by atoms with E-state index in [9.17, 15) is 9.90 Å². The molecule has 0 fully saturated rings. The number of nitrogens with zero attached hydrogens (tertiary/aromatic N) is 2. The van der Waals surface area contributed by atoms with Crippen LogP contribution in [-0.4, -0.2) is 27.3 Å². The van der Waals surface area contributed by atoms with Gasteiger partial charge in [0.25, 0.3) is 0 Å². The molecule has 5 heteroatoms. The van der Waals surface area contributed by atoms with Gasteiger partial charge in [-0.1, -0.05) is 24.3 Å². The number of nitrogens with one attached hydrogen (secondary N) is 1. The van der Waals surface area contributed by atoms with Gasteiger partial charge in [-0.3, -0.25) is 9.48 Å². The lowest BCUT2D eigenvalue weighted by molar-refractivity contribution is -0.123. The number of amides is 1. The predicted molar refractivity (Wildman–Crippen MR) is 83.3 cm³/mol. The second-order valence-electron chi connectivity index (χ2n) is 6.03. The van der Waals surface area contributed by atoms with E-state index in [2.05, 4.69) is 10.4 Å². The van der Waals surface area contributed by atoms with Crippen molar-refractivity contribution < 1.29 is 9.90 Å². The van der Waals surface area contributed by atoms with E-state index in [4.69, 9.17) is 0 Å². The van der Waals surface area contributed by atoms with Gasteiger partial charge in [-0.2, -0.15) is 5.10 Å². The van der Waals surface area contributed by atoms with E-state index < -0.39 is 5.60 Å². The molecule has 1 aromatic carbocycles. The minimum absolute atomic E-state index is 0.139. The van der Waals surface area contributed by atoms with Crippen LogP contribution in [0.5, 0.6) is 0 Å². The molecule has 0 bridgehead atoms. The lowest BCUT2D eigenvalue weighted by atomic mass is 9.79. The Labute approximate surface area is 130 Å². The van der Waals surface area contributed by atoms with Crippen molar-refractivity contribution in [3.63, 3.8) is 0 Å². The van der Waals surface area contributed by atoms with Crippen LogP contribution < -0.4 is 5.32 Å². The number of rotatable bonds is 4. The predicted octanol–water partition coefficient (Wildman–Crippen LogP) is 1.53. The minimum Gasteiger partial charge on any atom is -0.383 e. The highest BCUT2D eigenvalue weighted by Crippen LogP contribution is 2.34. The Kier molecular flexibility index (Phi) is 3.98. The molecule has 0 saturated heterocycles. The van der Waals surface area contributed by atoms with Crippen LogP contribution in [0.3, 0.4) is 0 Å². The molecule has 2 N–H and O–H groups in total. The van der Waals surface area contributed by atoms with Gasteiger partial charge in [0, 0.05) is 6.20 Å². The van der Waals surface area contributed by atoms with Crippen molar-refractivity contribution in [1.82, 2.24) is 15.1 Å². The van der Waals surface area contributed by atoms with Gasteiger partial charge in [0.15, 0.2) is 0 Å². The first kappa shape index (κ1) is 14.8. The molecule has 2 aromatic rings. The molecule has 0 aliphatic heterocycles. The molecule has 116 valence electrons. The van der Waals surface area contributed by atoms with Crippen molar-refractivity contribution in [2.24, 2.45) is 0 Å². The van der Waals surface area contributed by atoms with Gasteiger partial charge in [0.1, 0.15) is 12.1 Å². The average molecular weight is 299 g/mol. The normalized spacial score (nSPS) is 20.5. The maximum absolute atomic E-state index is 12.0. The average Bonchev–Trinajstić information content (AvgIpc) is 2.91. The fourth-order valence-corrected chi connectivity index (χ4v) is 3.08. The fourth-order valence-electron chi connectivity index (χ4n) is 3.08. The summed E-state index contributed by atoms with van der Waals surface area (Å²) in [7, 11) is 0. The van der Waals surface area contributed by atoms with Crippen LogP contribution in [0.4, 0.5) is 0 Å². The number of hydrogen-bond donors (Lipinski definition) is 2. The van der Waals surface area contributed by atoms with Crippen LogP contribution in [0.2, 0.25) is 0 Å². The van der Waals surface area contributed by atoms with Crippen molar-refractivity contribution in [1.29, 1.82) is 0 Å². The third-order valence-corrected chi connectivity index (χ3v) is 4.20. The summed E-state index contributed by atoms with van der Waals surface area (Å²) >= 11 is 0. The third kappa shape index (κ3) is 3.04. The van der Waals surface area contributed by atoms with Crippen LogP contribution in [-0.2, 0) is 23.4 Å². The first-order valence-corrected chi connectivity index (χ1v) is 7.63. The highest BCUT2D eigenvalue weighted by Gasteiger charge is 2.34. The van der Waals surface area contributed by atoms with Crippen LogP contribution in [0.25, 0.3) is 0 Å². The Morgan fingerprint density at radius 3 is 3.05 bits per heavy atom. The molecule has 1 aromatic heterocycles. The molecule has 3 rings (SSSR count). The zero-order valence-electron chi connectivity index (χ0n) is 12.7. The molecule has 1 aliphatic rings. The number of benzene rings is 1. The standard InChI is InChI=1S/C17H21N3O2/c1-13-9-19-20(10-13)11-16(21)18-12-17(22)8-4-6-14-5-2-3-7-15(14)17/h2-3,5,7,9-10,22H,4,6,8,11-12H2,1H3,(H,18,21). The monoisotopic (exact) mass is 299 g/mol. The Hall–Kier alpha value is -2.14. The summed E-state index contributed by atoms with van der Waals surface area (Å²) < 4.78 is 1.60. The second-order valence-corrected chi connectivity index (χ2v) is 6.03. The Morgan fingerprint density at radius 1 is 1.45 bits per heavy atom. The van der Waals surface area contributed by atoms with Crippen molar-refractivity contribution in [2.75, 3.05) is 6.54 Å². The SMILES string of the molecule is Cc1cnn(CC(=O)NCC2(O)CCCc3ccccc32)c1. The Morgan fingerprint density at radius 2 is 2.27 bits per heavy atom. The maximum atomic E-state index is 12.0. The lowest BCUT2D eigenvalue weighted by Gasteiger charge is -2.34. The Balaban J connectivity index is 1.65. The molecule has 1 aliphatic carbocycles. The number of carbonyl (C=O) groups excluding carboxylic acids is 1. The van der Waals surface area contributed by atoms with Gasteiger partial charge < -0.3 is 10.4 Å². The number of aliphatic hydroxyl groups is 1. The topological polar surface area (TPSA) is 67.2 Å². The van der Waals surface area contributed by atoms with Gasteiger partial charge in [0.05, 0.1) is 12.7 Å². The highest BCUT2D eigenvalue weighted by molar-refractivity contribution is 5.75. The summed E-state index contributed by atoms with van der Waals surface area (Å²) in [6.07, 6.45) is 6.13. The van der Waals surface area contributed by atoms with Crippen LogP contribution in [0.15, 0.2) is 36.7 Å². The molecule has 5 nitrogen and oxygen atoms in total. The number of aromatic nitrogens is 2. The van der Waals surface area contributed by atoms with Crippen molar-refractivity contribution in [2.45, 2.75) is 38.3 Å². The minimum atomic E-state index is -0.968. The molecule has 22 heavy (non-hydrogen) atoms.